The molecule has 7 heteroatoms. The molecule has 1 aromatic carbocycles. The van der Waals surface area contributed by atoms with Crippen molar-refractivity contribution < 1.29 is 20.8 Å². The van der Waals surface area contributed by atoms with Crippen LogP contribution in [0.4, 0.5) is 5.82 Å². The highest BCUT2D eigenvalue weighted by atomic mass is 16.5. The Labute approximate surface area is 194 Å². The monoisotopic (exact) mass is 446 g/mol. The molecule has 33 heavy (non-hydrogen) atoms. The van der Waals surface area contributed by atoms with Crippen molar-refractivity contribution in [2.45, 2.75) is 26.8 Å². The van der Waals surface area contributed by atoms with Crippen LogP contribution in [0.1, 0.15) is 32.9 Å². The minimum atomic E-state index is -1.12. The molecule has 0 bridgehead atoms. The number of ether oxygens (including phenoxy) is 1. The molecule has 0 spiro atoms. The van der Waals surface area contributed by atoms with E-state index in [2.05, 4.69) is 9.97 Å². The Morgan fingerprint density at radius 3 is 2.45 bits per heavy atom. The first-order chi connectivity index (χ1) is 16.3. The van der Waals surface area contributed by atoms with Crippen LogP contribution in [-0.2, 0) is 16.1 Å². The van der Waals surface area contributed by atoms with Gasteiger partial charge in [0.25, 0.3) is 0 Å². The smallest absolute Gasteiger partial charge is 0.328 e. The Morgan fingerprint density at radius 2 is 1.85 bits per heavy atom. The Kier molecular flexibility index (Phi) is 7.43. The number of methoxy groups -OCH3 is 1. The summed E-state index contributed by atoms with van der Waals surface area (Å²) < 4.78 is 14.0. The predicted octanol–water partition coefficient (Wildman–Crippen LogP) is 4.83. The van der Waals surface area contributed by atoms with E-state index in [-0.39, 0.29) is 24.1 Å². The molecule has 3 rings (SSSR count). The van der Waals surface area contributed by atoms with Crippen molar-refractivity contribution in [1.29, 1.82) is 0 Å². The number of aliphatic carboxylic acids is 1. The van der Waals surface area contributed by atoms with Crippen LogP contribution in [0.25, 0.3) is 17.2 Å². The van der Waals surface area contributed by atoms with E-state index in [0.29, 0.717) is 11.3 Å². The normalized spacial score (nSPS) is 12.4. The van der Waals surface area contributed by atoms with E-state index in [0.717, 1.165) is 23.0 Å². The summed E-state index contributed by atoms with van der Waals surface area (Å²) in [6.45, 7) is 2.73. The molecule has 2 aromatic heterocycles. The quantitative estimate of drug-likeness (QED) is 0.473. The molecule has 2 heterocycles. The van der Waals surface area contributed by atoms with Crippen LogP contribution in [0.2, 0.25) is 0 Å². The summed E-state index contributed by atoms with van der Waals surface area (Å²) in [4.78, 5) is 34.0. The topological polar surface area (TPSA) is 92.6 Å². The van der Waals surface area contributed by atoms with E-state index in [1.165, 1.54) is 17.2 Å². The third-order valence-electron chi connectivity index (χ3n) is 4.76. The number of nitrogens with zero attached hydrogens (tertiary/aromatic N) is 3. The van der Waals surface area contributed by atoms with Gasteiger partial charge in [-0.15, -0.1) is 0 Å². The second kappa shape index (κ2) is 11.0. The molecule has 1 N–H and O–H groups in total. The second-order valence-electron chi connectivity index (χ2n) is 7.81. The highest BCUT2D eigenvalue weighted by molar-refractivity contribution is 5.93. The van der Waals surface area contributed by atoms with Gasteiger partial charge in [-0.1, -0.05) is 32.0 Å². The van der Waals surface area contributed by atoms with Crippen LogP contribution in [0.15, 0.2) is 67.0 Å². The number of carbonyl (C=O) groups is 2. The van der Waals surface area contributed by atoms with Crippen molar-refractivity contribution in [2.24, 2.45) is 5.92 Å². The zero-order valence-electron chi connectivity index (χ0n) is 19.8. The molecule has 0 aliphatic heterocycles. The van der Waals surface area contributed by atoms with Crippen LogP contribution >= 0.6 is 0 Å². The van der Waals surface area contributed by atoms with Crippen LogP contribution in [0.3, 0.4) is 0 Å². The highest BCUT2D eigenvalue weighted by Crippen LogP contribution is 2.23. The number of hydrogen-bond donors (Lipinski definition) is 1. The maximum absolute atomic E-state index is 13.1. The molecule has 1 unspecified atom stereocenters. The van der Waals surface area contributed by atoms with Gasteiger partial charge in [0.15, 0.2) is 0 Å². The van der Waals surface area contributed by atoms with Gasteiger partial charge >= 0.3 is 5.97 Å². The summed E-state index contributed by atoms with van der Waals surface area (Å²) in [5, 5.41) is 8.90. The minimum Gasteiger partial charge on any atom is -0.497 e. The molecule has 3 aromatic rings. The van der Waals surface area contributed by atoms with Gasteiger partial charge < -0.3 is 9.84 Å². The fourth-order valence-corrected chi connectivity index (χ4v) is 3.12. The van der Waals surface area contributed by atoms with Gasteiger partial charge in [0.1, 0.15) is 11.6 Å². The molecule has 1 atom stereocenters. The standard InChI is InChI=1S/C26H27N3O4/c1-18(2)14-25(30)29(24-15-19(12-13-27-24)4-11-26(31)32)17-22-8-5-21(16-28-22)20-6-9-23(33-3)10-7-20/h4-13,15-16,18H,14,17H2,1-3H3,(H,31,32)/i17D. The van der Waals surface area contributed by atoms with Gasteiger partial charge in [-0.25, -0.2) is 9.78 Å². The minimum absolute atomic E-state index is 0.0858. The SMILES string of the molecule is [2H]C(c1ccc(-c2ccc(OC)cc2)cn1)N(C(=O)CC(C)C)c1cc(C=CC(=O)O)ccn1. The fraction of sp³-hybridized carbons (Fsp3) is 0.231. The average molecular weight is 447 g/mol. The van der Waals surface area contributed by atoms with Crippen LogP contribution in [0.5, 0.6) is 5.75 Å². The summed E-state index contributed by atoms with van der Waals surface area (Å²) in [5.74, 6) is -0.234. The number of carboxylic acids is 1. The lowest BCUT2D eigenvalue weighted by molar-refractivity contribution is -0.131. The van der Waals surface area contributed by atoms with Gasteiger partial charge in [-0.2, -0.15) is 0 Å². The van der Waals surface area contributed by atoms with Gasteiger partial charge in [-0.3, -0.25) is 14.7 Å². The number of pyridine rings is 2. The molecule has 0 saturated heterocycles. The van der Waals surface area contributed by atoms with Gasteiger partial charge in [0.05, 0.1) is 20.7 Å². The Bertz CT molecular complexity index is 1160. The molecule has 0 radical (unpaired) electrons. The maximum Gasteiger partial charge on any atom is 0.328 e. The van der Waals surface area contributed by atoms with E-state index >= 15 is 0 Å². The molecule has 0 saturated carbocycles. The number of aromatic nitrogens is 2. The van der Waals surface area contributed by atoms with E-state index in [1.807, 2.05) is 44.2 Å². The van der Waals surface area contributed by atoms with Crippen molar-refractivity contribution in [2.75, 3.05) is 12.0 Å². The van der Waals surface area contributed by atoms with Crippen molar-refractivity contribution in [3.05, 3.63) is 78.3 Å². The number of anilines is 1. The summed E-state index contributed by atoms with van der Waals surface area (Å²) in [6.07, 6.45) is 5.81. The third kappa shape index (κ3) is 6.74. The van der Waals surface area contributed by atoms with E-state index in [4.69, 9.17) is 11.2 Å². The average Bonchev–Trinajstić information content (AvgIpc) is 2.83. The van der Waals surface area contributed by atoms with Gasteiger partial charge in [0, 0.05) is 30.5 Å². The number of amides is 1. The molecule has 0 aliphatic carbocycles. The Morgan fingerprint density at radius 1 is 1.12 bits per heavy atom. The van der Waals surface area contributed by atoms with Gasteiger partial charge in [0.2, 0.25) is 5.91 Å². The maximum atomic E-state index is 13.1. The van der Waals surface area contributed by atoms with Crippen molar-refractivity contribution in [1.82, 2.24) is 9.97 Å². The second-order valence-corrected chi connectivity index (χ2v) is 7.81. The molecule has 1 amide bonds. The van der Waals surface area contributed by atoms with E-state index < -0.39 is 12.5 Å². The third-order valence-corrected chi connectivity index (χ3v) is 4.76. The zero-order valence-corrected chi connectivity index (χ0v) is 18.8. The molecule has 0 aliphatic rings. The first kappa shape index (κ1) is 22.2. The number of rotatable bonds is 9. The molecule has 0 fully saturated rings. The first-order valence-corrected chi connectivity index (χ1v) is 10.5. The lowest BCUT2D eigenvalue weighted by Crippen LogP contribution is -2.32. The fourth-order valence-electron chi connectivity index (χ4n) is 3.12. The number of benzene rings is 1. The summed E-state index contributed by atoms with van der Waals surface area (Å²) in [6, 6.07) is 14.4. The van der Waals surface area contributed by atoms with E-state index in [1.54, 1.807) is 31.5 Å². The van der Waals surface area contributed by atoms with Crippen LogP contribution in [-0.4, -0.2) is 34.1 Å². The van der Waals surface area contributed by atoms with Crippen molar-refractivity contribution in [3.8, 4) is 16.9 Å². The van der Waals surface area contributed by atoms with E-state index in [9.17, 15) is 9.59 Å². The summed E-state index contributed by atoms with van der Waals surface area (Å²) >= 11 is 0. The Balaban J connectivity index is 1.92. The predicted molar refractivity (Wildman–Crippen MR) is 128 cm³/mol. The summed E-state index contributed by atoms with van der Waals surface area (Å²) in [5.41, 5.74) is 2.78. The number of carbonyl (C=O) groups excluding carboxylic acids is 1. The lowest BCUT2D eigenvalue weighted by Gasteiger charge is -2.23. The van der Waals surface area contributed by atoms with Crippen molar-refractivity contribution in [3.63, 3.8) is 0 Å². The Hall–Kier alpha value is -4.00. The largest absolute Gasteiger partial charge is 0.497 e. The molecule has 7 nitrogen and oxygen atoms in total. The van der Waals surface area contributed by atoms with Gasteiger partial charge in [-0.05, 0) is 53.5 Å². The molecule has 170 valence electrons. The van der Waals surface area contributed by atoms with Crippen molar-refractivity contribution >= 4 is 23.8 Å². The molecular weight excluding hydrogens is 418 g/mol. The summed E-state index contributed by atoms with van der Waals surface area (Å²) in [7, 11) is 1.61. The zero-order chi connectivity index (χ0) is 24.7. The van der Waals surface area contributed by atoms with Crippen LogP contribution in [0, 0.1) is 5.92 Å². The molecular formula is C26H27N3O4. The first-order valence-electron chi connectivity index (χ1n) is 11.1. The van der Waals surface area contributed by atoms with Crippen LogP contribution < -0.4 is 9.64 Å². The lowest BCUT2D eigenvalue weighted by atomic mass is 10.1. The number of hydrogen-bond acceptors (Lipinski definition) is 5. The highest BCUT2D eigenvalue weighted by Gasteiger charge is 2.19. The number of carboxylic acid groups (broad SMARTS) is 1.